The van der Waals surface area contributed by atoms with E-state index in [1.54, 1.807) is 0 Å². The maximum absolute atomic E-state index is 12.3. The molecule has 110 valence electrons. The molecular weight excluding hydrogens is 316 g/mol. The lowest BCUT2D eigenvalue weighted by Gasteiger charge is -2.28. The minimum Gasteiger partial charge on any atom is -0.353 e. The van der Waals surface area contributed by atoms with Crippen molar-refractivity contribution >= 4 is 21.8 Å². The first-order chi connectivity index (χ1) is 9.56. The van der Waals surface area contributed by atoms with Gasteiger partial charge in [-0.2, -0.15) is 0 Å². The number of benzene rings is 1. The van der Waals surface area contributed by atoms with Gasteiger partial charge in [0.2, 0.25) is 5.91 Å². The topological polar surface area (TPSA) is 55.1 Å². The highest BCUT2D eigenvalue weighted by molar-refractivity contribution is 9.10. The Bertz CT molecular complexity index is 446. The quantitative estimate of drug-likeness (QED) is 0.886. The van der Waals surface area contributed by atoms with Crippen molar-refractivity contribution in [2.45, 2.75) is 51.1 Å². The summed E-state index contributed by atoms with van der Waals surface area (Å²) in [4.78, 5) is 12.3. The van der Waals surface area contributed by atoms with Gasteiger partial charge in [0.1, 0.15) is 0 Å². The Morgan fingerprint density at radius 1 is 1.35 bits per heavy atom. The van der Waals surface area contributed by atoms with E-state index in [2.05, 4.69) is 33.4 Å². The Kier molecular flexibility index (Phi) is 5.61. The Morgan fingerprint density at radius 2 is 2.00 bits per heavy atom. The van der Waals surface area contributed by atoms with Gasteiger partial charge in [0.15, 0.2) is 0 Å². The SMILES string of the molecule is CC(Cc1ccc(Br)cc1)NC(=O)C1CCCCC1N. The number of amides is 1. The second-order valence-corrected chi connectivity index (χ2v) is 6.71. The second-order valence-electron chi connectivity index (χ2n) is 5.80. The van der Waals surface area contributed by atoms with Crippen LogP contribution < -0.4 is 11.1 Å². The standard InChI is InChI=1S/C16H23BrN2O/c1-11(10-12-6-8-13(17)9-7-12)19-16(20)14-4-2-3-5-15(14)18/h6-9,11,14-15H,2-5,10,18H2,1H3,(H,19,20). The van der Waals surface area contributed by atoms with Gasteiger partial charge in [0.25, 0.3) is 0 Å². The van der Waals surface area contributed by atoms with Gasteiger partial charge >= 0.3 is 0 Å². The van der Waals surface area contributed by atoms with Crippen LogP contribution in [0.1, 0.15) is 38.2 Å². The number of carbonyl (C=O) groups is 1. The van der Waals surface area contributed by atoms with E-state index in [1.807, 2.05) is 19.1 Å². The summed E-state index contributed by atoms with van der Waals surface area (Å²) in [6.07, 6.45) is 5.02. The van der Waals surface area contributed by atoms with Gasteiger partial charge in [-0.3, -0.25) is 4.79 Å². The number of halogens is 1. The fraction of sp³-hybridized carbons (Fsp3) is 0.562. The highest BCUT2D eigenvalue weighted by Gasteiger charge is 2.28. The number of rotatable bonds is 4. The van der Waals surface area contributed by atoms with Crippen LogP contribution in [0.25, 0.3) is 0 Å². The number of hydrogen-bond acceptors (Lipinski definition) is 2. The maximum atomic E-state index is 12.3. The Labute approximate surface area is 129 Å². The van der Waals surface area contributed by atoms with Gasteiger partial charge < -0.3 is 11.1 Å². The van der Waals surface area contributed by atoms with Gasteiger partial charge in [-0.1, -0.05) is 40.9 Å². The average Bonchev–Trinajstić information content (AvgIpc) is 2.41. The van der Waals surface area contributed by atoms with E-state index in [0.29, 0.717) is 0 Å². The summed E-state index contributed by atoms with van der Waals surface area (Å²) < 4.78 is 1.08. The lowest BCUT2D eigenvalue weighted by Crippen LogP contribution is -2.46. The molecule has 1 aliphatic carbocycles. The summed E-state index contributed by atoms with van der Waals surface area (Å²) in [6, 6.07) is 8.39. The molecule has 1 amide bonds. The molecule has 0 radical (unpaired) electrons. The highest BCUT2D eigenvalue weighted by atomic mass is 79.9. The van der Waals surface area contributed by atoms with Crippen molar-refractivity contribution in [2.24, 2.45) is 11.7 Å². The van der Waals surface area contributed by atoms with Crippen LogP contribution in [-0.2, 0) is 11.2 Å². The van der Waals surface area contributed by atoms with Gasteiger partial charge in [0, 0.05) is 16.6 Å². The van der Waals surface area contributed by atoms with Crippen molar-refractivity contribution in [1.29, 1.82) is 0 Å². The molecule has 4 heteroatoms. The molecule has 0 aliphatic heterocycles. The maximum Gasteiger partial charge on any atom is 0.224 e. The third-order valence-electron chi connectivity index (χ3n) is 4.00. The van der Waals surface area contributed by atoms with Crippen LogP contribution in [-0.4, -0.2) is 18.0 Å². The number of carbonyl (C=O) groups excluding carboxylic acids is 1. The number of hydrogen-bond donors (Lipinski definition) is 2. The molecule has 0 heterocycles. The zero-order chi connectivity index (χ0) is 14.5. The van der Waals surface area contributed by atoms with E-state index in [9.17, 15) is 4.79 Å². The predicted molar refractivity (Wildman–Crippen MR) is 85.4 cm³/mol. The average molecular weight is 339 g/mol. The molecule has 0 saturated heterocycles. The summed E-state index contributed by atoms with van der Waals surface area (Å²) in [6.45, 7) is 2.05. The fourth-order valence-electron chi connectivity index (χ4n) is 2.86. The summed E-state index contributed by atoms with van der Waals surface area (Å²) in [5.74, 6) is 0.123. The van der Waals surface area contributed by atoms with E-state index < -0.39 is 0 Å². The Hall–Kier alpha value is -0.870. The van der Waals surface area contributed by atoms with Gasteiger partial charge in [0.05, 0.1) is 5.92 Å². The molecule has 1 fully saturated rings. The van der Waals surface area contributed by atoms with E-state index in [4.69, 9.17) is 5.73 Å². The van der Waals surface area contributed by atoms with Crippen molar-refractivity contribution < 1.29 is 4.79 Å². The largest absolute Gasteiger partial charge is 0.353 e. The molecule has 3 atom stereocenters. The molecule has 0 aromatic heterocycles. The third-order valence-corrected chi connectivity index (χ3v) is 4.53. The normalized spacial score (nSPS) is 24.1. The van der Waals surface area contributed by atoms with Crippen LogP contribution in [0.4, 0.5) is 0 Å². The van der Waals surface area contributed by atoms with Crippen LogP contribution in [0, 0.1) is 5.92 Å². The van der Waals surface area contributed by atoms with Crippen LogP contribution >= 0.6 is 15.9 Å². The van der Waals surface area contributed by atoms with Gasteiger partial charge in [-0.05, 0) is 43.9 Å². The van der Waals surface area contributed by atoms with E-state index >= 15 is 0 Å². The summed E-state index contributed by atoms with van der Waals surface area (Å²) >= 11 is 3.43. The van der Waals surface area contributed by atoms with Crippen LogP contribution in [0.5, 0.6) is 0 Å². The molecule has 2 rings (SSSR count). The first-order valence-corrected chi connectivity index (χ1v) is 8.16. The van der Waals surface area contributed by atoms with Crippen molar-refractivity contribution in [1.82, 2.24) is 5.32 Å². The van der Waals surface area contributed by atoms with Crippen molar-refractivity contribution in [2.75, 3.05) is 0 Å². The highest BCUT2D eigenvalue weighted by Crippen LogP contribution is 2.23. The van der Waals surface area contributed by atoms with E-state index in [-0.39, 0.29) is 23.9 Å². The Balaban J connectivity index is 1.85. The van der Waals surface area contributed by atoms with Gasteiger partial charge in [-0.15, -0.1) is 0 Å². The van der Waals surface area contributed by atoms with Crippen LogP contribution in [0.3, 0.4) is 0 Å². The molecule has 0 bridgehead atoms. The summed E-state index contributed by atoms with van der Waals surface area (Å²) in [5, 5.41) is 3.11. The monoisotopic (exact) mass is 338 g/mol. The van der Waals surface area contributed by atoms with E-state index in [0.717, 1.165) is 36.6 Å². The smallest absolute Gasteiger partial charge is 0.224 e. The van der Waals surface area contributed by atoms with Crippen LogP contribution in [0.2, 0.25) is 0 Å². The lowest BCUT2D eigenvalue weighted by atomic mass is 9.84. The first-order valence-electron chi connectivity index (χ1n) is 7.36. The third kappa shape index (κ3) is 4.32. The van der Waals surface area contributed by atoms with Crippen molar-refractivity contribution in [3.05, 3.63) is 34.3 Å². The number of nitrogens with one attached hydrogen (secondary N) is 1. The van der Waals surface area contributed by atoms with Crippen molar-refractivity contribution in [3.63, 3.8) is 0 Å². The van der Waals surface area contributed by atoms with Crippen molar-refractivity contribution in [3.8, 4) is 0 Å². The molecular formula is C16H23BrN2O. The molecule has 3 nitrogen and oxygen atoms in total. The molecule has 1 aromatic rings. The van der Waals surface area contributed by atoms with Crippen LogP contribution in [0.15, 0.2) is 28.7 Å². The molecule has 1 aliphatic rings. The lowest BCUT2D eigenvalue weighted by molar-refractivity contribution is -0.127. The van der Waals surface area contributed by atoms with Gasteiger partial charge in [-0.25, -0.2) is 0 Å². The summed E-state index contributed by atoms with van der Waals surface area (Å²) in [5.41, 5.74) is 7.29. The minimum atomic E-state index is -0.00359. The molecule has 0 spiro atoms. The molecule has 1 saturated carbocycles. The fourth-order valence-corrected chi connectivity index (χ4v) is 3.12. The molecule has 3 N–H and O–H groups in total. The number of nitrogens with two attached hydrogens (primary N) is 1. The molecule has 20 heavy (non-hydrogen) atoms. The first kappa shape index (κ1) is 15.5. The zero-order valence-electron chi connectivity index (χ0n) is 11.9. The zero-order valence-corrected chi connectivity index (χ0v) is 13.5. The molecule has 1 aromatic carbocycles. The minimum absolute atomic E-state index is 0.00359. The van der Waals surface area contributed by atoms with E-state index in [1.165, 1.54) is 5.56 Å². The molecule has 3 unspecified atom stereocenters. The predicted octanol–water partition coefficient (Wildman–Crippen LogP) is 3.01. The second kappa shape index (κ2) is 7.23. The summed E-state index contributed by atoms with van der Waals surface area (Å²) in [7, 11) is 0. The Morgan fingerprint density at radius 3 is 2.65 bits per heavy atom.